The van der Waals surface area contributed by atoms with Gasteiger partial charge >= 0.3 is 5.91 Å². The van der Waals surface area contributed by atoms with Crippen molar-refractivity contribution in [3.63, 3.8) is 0 Å². The third-order valence-corrected chi connectivity index (χ3v) is 7.04. The SMILES string of the molecule is [CH2]Oc1cc(-c2cn([CH2])c(=O)c3cnccc23)cc(O[CH2])c1[C]N1[C][C]C2([C][C]1)[C]N(c1ccnc(C(=O)[N][C]3[C][C]C(=O)[N]C3=O)n1)[C]2. The molecule has 3 aromatic heterocycles. The van der Waals surface area contributed by atoms with Crippen molar-refractivity contribution in [1.29, 1.82) is 0 Å². The number of carbonyl (C=O) groups excluding carboxylic acids is 3. The number of anilines is 1. The maximum Gasteiger partial charge on any atom is 0.311 e. The van der Waals surface area contributed by atoms with Gasteiger partial charge in [0.05, 0.1) is 30.5 Å². The number of ether oxygens (including phenoxy) is 2. The van der Waals surface area contributed by atoms with Crippen molar-refractivity contribution in [3.05, 3.63) is 157 Å². The van der Waals surface area contributed by atoms with Crippen molar-refractivity contribution in [3.8, 4) is 22.6 Å². The maximum absolute atomic E-state index is 12.6. The molecule has 24 radical (unpaired) electrons. The molecule has 4 aromatic rings. The topological polar surface area (TPSA) is 165 Å². The number of pyridine rings is 2. The number of amides is 3. The molecule has 6 heterocycles. The third-order valence-electron chi connectivity index (χ3n) is 7.04. The van der Waals surface area contributed by atoms with Gasteiger partial charge in [-0.15, -0.1) is 0 Å². The Hall–Kier alpha value is -5.37. The van der Waals surface area contributed by atoms with Crippen molar-refractivity contribution in [2.45, 2.75) is 0 Å². The number of aromatic nitrogens is 4. The molecule has 3 amide bonds. The van der Waals surface area contributed by atoms with Crippen molar-refractivity contribution in [2.24, 2.45) is 5.41 Å². The van der Waals surface area contributed by atoms with E-state index in [9.17, 15) is 19.2 Å². The number of benzene rings is 1. The minimum atomic E-state index is -1.17. The van der Waals surface area contributed by atoms with Gasteiger partial charge in [-0.2, -0.15) is 5.32 Å². The van der Waals surface area contributed by atoms with Crippen LogP contribution < -0.4 is 30.6 Å². The zero-order valence-electron chi connectivity index (χ0n) is 24.8. The van der Waals surface area contributed by atoms with Crippen LogP contribution >= 0.6 is 0 Å². The van der Waals surface area contributed by atoms with Crippen molar-refractivity contribution in [2.75, 3.05) is 4.90 Å². The molecule has 14 heteroatoms. The Morgan fingerprint density at radius 3 is 2.41 bits per heavy atom. The largest absolute Gasteiger partial charge is 0.490 e. The van der Waals surface area contributed by atoms with Crippen LogP contribution in [0, 0.1) is 91.1 Å². The van der Waals surface area contributed by atoms with E-state index < -0.39 is 29.2 Å². The number of nitrogens with zero attached hydrogens (tertiary/aromatic N) is 8. The Labute approximate surface area is 282 Å². The average Bonchev–Trinajstić information content (AvgIpc) is 3.10. The van der Waals surface area contributed by atoms with Crippen LogP contribution in [0.2, 0.25) is 0 Å². The van der Waals surface area contributed by atoms with Crippen LogP contribution in [-0.2, 0) is 9.59 Å². The van der Waals surface area contributed by atoms with Crippen LogP contribution in [0.15, 0.2) is 53.8 Å². The van der Waals surface area contributed by atoms with Crippen molar-refractivity contribution < 1.29 is 23.9 Å². The van der Waals surface area contributed by atoms with Gasteiger partial charge in [-0.05, 0) is 35.2 Å². The van der Waals surface area contributed by atoms with Gasteiger partial charge in [0.25, 0.3) is 17.4 Å². The minimum Gasteiger partial charge on any atom is -0.490 e. The Morgan fingerprint density at radius 2 is 1.71 bits per heavy atom. The summed E-state index contributed by atoms with van der Waals surface area (Å²) in [6.45, 7) is 14.7. The summed E-state index contributed by atoms with van der Waals surface area (Å²) in [6, 6.07) is 6.11. The van der Waals surface area contributed by atoms with Gasteiger partial charge in [0.15, 0.2) is 6.04 Å². The van der Waals surface area contributed by atoms with Crippen LogP contribution in [0.4, 0.5) is 5.82 Å². The summed E-state index contributed by atoms with van der Waals surface area (Å²) in [7, 11) is 10.9. The standard InChI is InChI=1S/C35H14N8O6/c1-41-17-24(22-6-10-36-16-23(22)34(41)47)21-14-27(48-2)25(28(15-21)49-3)18-42-12-8-35(9-13-42)19-43(20-35)29-7-11-37-31(39-29)33(46)38-26-4-5-30(44)40-32(26)45/h6-7,10-11,14-17H,1-3H2. The molecule has 14 nitrogen and oxygen atoms in total. The van der Waals surface area contributed by atoms with Gasteiger partial charge in [-0.3, -0.25) is 29.1 Å². The van der Waals surface area contributed by atoms with E-state index >= 15 is 0 Å². The molecule has 7 rings (SSSR count). The number of hydrogen-bond donors (Lipinski definition) is 0. The molecule has 0 N–H and O–H groups in total. The van der Waals surface area contributed by atoms with Gasteiger partial charge in [0.1, 0.15) is 51.2 Å². The molecule has 49 heavy (non-hydrogen) atoms. The summed E-state index contributed by atoms with van der Waals surface area (Å²) in [5.41, 5.74) is 0.146. The first-order valence-corrected chi connectivity index (χ1v) is 13.8. The molecular weight excluding hydrogens is 628 g/mol. The lowest BCUT2D eigenvalue weighted by atomic mass is 9.72. The highest BCUT2D eigenvalue weighted by Gasteiger charge is 2.50. The van der Waals surface area contributed by atoms with E-state index in [0.717, 1.165) is 0 Å². The van der Waals surface area contributed by atoms with E-state index in [4.69, 9.17) is 9.47 Å². The number of rotatable bonds is 8. The molecule has 1 spiro atoms. The zero-order chi connectivity index (χ0) is 34.3. The fraction of sp³-hybridized carbons (Fsp3) is 0.0286. The van der Waals surface area contributed by atoms with E-state index in [-0.39, 0.29) is 28.7 Å². The fourth-order valence-electron chi connectivity index (χ4n) is 4.76. The Bertz CT molecular complexity index is 1990. The molecule has 230 valence electrons. The summed E-state index contributed by atoms with van der Waals surface area (Å²) >= 11 is 0. The number of hydrogen-bond acceptors (Lipinski definition) is 11. The second kappa shape index (κ2) is 12.9. The lowest BCUT2D eigenvalue weighted by Gasteiger charge is -2.49. The third kappa shape index (κ3) is 6.19. The van der Waals surface area contributed by atoms with Crippen molar-refractivity contribution >= 4 is 34.3 Å². The molecule has 3 aliphatic heterocycles. The predicted molar refractivity (Wildman–Crippen MR) is 163 cm³/mol. The molecule has 1 aromatic carbocycles. The molecule has 0 atom stereocenters. The van der Waals surface area contributed by atoms with Crippen molar-refractivity contribution in [1.82, 2.24) is 35.1 Å². The molecule has 0 aliphatic carbocycles. The van der Waals surface area contributed by atoms with E-state index in [1.165, 1.54) is 32.8 Å². The summed E-state index contributed by atoms with van der Waals surface area (Å²) in [5.74, 6) is -2.50. The Morgan fingerprint density at radius 1 is 0.980 bits per heavy atom. The highest BCUT2D eigenvalue weighted by atomic mass is 16.5. The van der Waals surface area contributed by atoms with E-state index in [0.29, 0.717) is 27.5 Å². The summed E-state index contributed by atoms with van der Waals surface area (Å²) in [4.78, 5) is 62.8. The van der Waals surface area contributed by atoms with Gasteiger partial charge in [-0.25, -0.2) is 15.3 Å². The quantitative estimate of drug-likeness (QED) is 0.256. The monoisotopic (exact) mass is 642 g/mol. The summed E-state index contributed by atoms with van der Waals surface area (Å²) in [6.07, 6.45) is 16.1. The van der Waals surface area contributed by atoms with E-state index in [2.05, 4.69) is 105 Å². The van der Waals surface area contributed by atoms with E-state index in [1.54, 1.807) is 30.6 Å². The van der Waals surface area contributed by atoms with Crippen LogP contribution in [0.25, 0.3) is 21.9 Å². The number of imide groups is 1. The fourth-order valence-corrected chi connectivity index (χ4v) is 4.76. The normalized spacial score (nSPS) is 17.9. The van der Waals surface area contributed by atoms with Gasteiger partial charge in [-0.1, -0.05) is 0 Å². The molecule has 0 bridgehead atoms. The Kier molecular flexibility index (Phi) is 8.49. The average molecular weight is 643 g/mol. The van der Waals surface area contributed by atoms with Crippen LogP contribution in [-0.4, -0.2) is 42.1 Å². The van der Waals surface area contributed by atoms with Gasteiger partial charge in [0, 0.05) is 62.1 Å². The molecule has 0 saturated carbocycles. The predicted octanol–water partition coefficient (Wildman–Crippen LogP) is 1.47. The van der Waals surface area contributed by atoms with E-state index in [1.807, 2.05) is 0 Å². The first-order valence-electron chi connectivity index (χ1n) is 13.8. The summed E-state index contributed by atoms with van der Waals surface area (Å²) in [5, 5.41) is 7.75. The molecule has 0 unspecified atom stereocenters. The molecule has 3 saturated heterocycles. The van der Waals surface area contributed by atoms with Crippen LogP contribution in [0.5, 0.6) is 11.5 Å². The first-order chi connectivity index (χ1) is 23.7. The smallest absolute Gasteiger partial charge is 0.311 e. The molecule has 3 aliphatic rings. The van der Waals surface area contributed by atoms with Crippen LogP contribution in [0.1, 0.15) is 16.2 Å². The second-order valence-corrected chi connectivity index (χ2v) is 10.1. The maximum atomic E-state index is 12.6. The summed E-state index contributed by atoms with van der Waals surface area (Å²) < 4.78 is 12.1. The molecule has 3 fully saturated rings. The second-order valence-electron chi connectivity index (χ2n) is 10.1. The number of carbonyl (C=O) groups is 3. The van der Waals surface area contributed by atoms with Gasteiger partial charge < -0.3 is 18.9 Å². The van der Waals surface area contributed by atoms with Crippen LogP contribution in [0.3, 0.4) is 0 Å². The first kappa shape index (κ1) is 32.2. The minimum absolute atomic E-state index is 0.210. The number of piperidine rings is 2. The highest BCUT2D eigenvalue weighted by Crippen LogP contribution is 2.50. The number of likely N-dealkylation sites (tertiary alicyclic amines) is 1. The highest BCUT2D eigenvalue weighted by molar-refractivity contribution is 6.12. The molecular formula is C35H14N8O6. The lowest BCUT2D eigenvalue weighted by Crippen LogP contribution is -2.51. The number of fused-ring (bicyclic) bond motifs is 1. The Balaban J connectivity index is 0.999. The van der Waals surface area contributed by atoms with Gasteiger partial charge in [0.2, 0.25) is 5.82 Å². The lowest BCUT2D eigenvalue weighted by molar-refractivity contribution is -0.129. The zero-order valence-corrected chi connectivity index (χ0v) is 24.8.